The van der Waals surface area contributed by atoms with Crippen LogP contribution in [0.5, 0.6) is 5.75 Å². The predicted octanol–water partition coefficient (Wildman–Crippen LogP) is 14.2. The molecule has 0 aliphatic carbocycles. The Kier molecular flexibility index (Phi) is 31.8. The molecule has 2 unspecified atom stereocenters. The molecule has 0 aromatic carbocycles. The Morgan fingerprint density at radius 1 is 0.696 bits per heavy atom. The van der Waals surface area contributed by atoms with E-state index in [1.54, 1.807) is 0 Å². The number of nitrogens with zero attached hydrogens (tertiary/aromatic N) is 1. The second kappa shape index (κ2) is 33.7. The van der Waals surface area contributed by atoms with Gasteiger partial charge >= 0.3 is 5.97 Å². The number of aromatic carboxylic acids is 1. The SMILES string of the molecule is CCCCCCCCC(CCCCCC)CN1C(=O)c2csc(I)c2C1=O.CCCCCCCCC(CN)CCCCCC.O=COc1csc(I)c1C(=O)O. The predicted molar refractivity (Wildman–Crippen MR) is 253 cm³/mol. The number of thiophene rings is 2. The number of unbranched alkanes of at least 4 members (excludes halogenated alkanes) is 16. The molecule has 0 fully saturated rings. The van der Waals surface area contributed by atoms with Gasteiger partial charge in [-0.15, -0.1) is 22.7 Å². The molecule has 2 amide bonds. The van der Waals surface area contributed by atoms with E-state index in [0.717, 1.165) is 28.2 Å². The summed E-state index contributed by atoms with van der Waals surface area (Å²) in [6.45, 7) is 10.8. The molecule has 1 aliphatic rings. The molecule has 12 heteroatoms. The lowest BCUT2D eigenvalue weighted by molar-refractivity contribution is -0.120. The monoisotopic (exact) mass is 1040 g/mol. The van der Waals surface area contributed by atoms with E-state index in [1.165, 1.54) is 174 Å². The van der Waals surface area contributed by atoms with Gasteiger partial charge in [0.15, 0.2) is 5.75 Å². The molecule has 56 heavy (non-hydrogen) atoms. The topological polar surface area (TPSA) is 127 Å². The minimum Gasteiger partial charge on any atom is -0.477 e. The number of carbonyl (C=O) groups is 4. The first-order chi connectivity index (χ1) is 27.1. The average molecular weight is 1040 g/mol. The molecular formula is C44H72I2N2O6S2. The third-order valence-corrected chi connectivity index (χ3v) is 14.5. The van der Waals surface area contributed by atoms with Gasteiger partial charge in [-0.1, -0.05) is 156 Å². The Hall–Kier alpha value is -1.10. The molecule has 0 spiro atoms. The Balaban J connectivity index is 0.000000462. The van der Waals surface area contributed by atoms with Crippen LogP contribution in [0.1, 0.15) is 213 Å². The summed E-state index contributed by atoms with van der Waals surface area (Å²) in [5.74, 6) is 0.131. The summed E-state index contributed by atoms with van der Waals surface area (Å²) in [7, 11) is 0. The molecule has 0 saturated heterocycles. The highest BCUT2D eigenvalue weighted by Crippen LogP contribution is 2.34. The van der Waals surface area contributed by atoms with Crippen LogP contribution in [0.25, 0.3) is 0 Å². The number of rotatable bonds is 30. The smallest absolute Gasteiger partial charge is 0.341 e. The summed E-state index contributed by atoms with van der Waals surface area (Å²) < 4.78 is 6.00. The molecule has 2 atom stereocenters. The standard InChI is InChI=1S/C22H34INO2S.C16H35N.C6H3IO4S/c1-3-5-7-9-10-12-14-17(13-11-8-6-4-2)15-24-21(25)18-16-27-20(23)19(18)22(24)26;1-3-5-7-9-10-12-14-16(15-17)13-11-8-6-4-2;7-5-4(6(9)10)3(1-12-5)11-2-8/h16-17H,3-15H2,1-2H3;16H,3-15,17H2,1-2H3;1-2H,(H,9,10). The summed E-state index contributed by atoms with van der Waals surface area (Å²) in [5, 5.41) is 12.0. The second-order valence-electron chi connectivity index (χ2n) is 15.1. The van der Waals surface area contributed by atoms with Crippen LogP contribution in [0.4, 0.5) is 0 Å². The van der Waals surface area contributed by atoms with E-state index in [-0.39, 0.29) is 29.6 Å². The van der Waals surface area contributed by atoms with E-state index in [1.807, 2.05) is 28.0 Å². The van der Waals surface area contributed by atoms with Gasteiger partial charge in [0.2, 0.25) is 0 Å². The van der Waals surface area contributed by atoms with Crippen LogP contribution in [0.3, 0.4) is 0 Å². The lowest BCUT2D eigenvalue weighted by Gasteiger charge is -2.23. The number of halogens is 2. The van der Waals surface area contributed by atoms with Gasteiger partial charge in [-0.2, -0.15) is 0 Å². The van der Waals surface area contributed by atoms with Crippen molar-refractivity contribution in [2.45, 2.75) is 182 Å². The fourth-order valence-corrected chi connectivity index (χ4v) is 10.2. The summed E-state index contributed by atoms with van der Waals surface area (Å²) in [5.41, 5.74) is 7.17. The molecule has 0 radical (unpaired) electrons. The molecule has 8 nitrogen and oxygen atoms in total. The quantitative estimate of drug-likeness (QED) is 0.0345. The highest BCUT2D eigenvalue weighted by Gasteiger charge is 2.39. The zero-order chi connectivity index (χ0) is 41.6. The van der Waals surface area contributed by atoms with Gasteiger partial charge in [0, 0.05) is 17.3 Å². The first kappa shape index (κ1) is 52.9. The molecule has 2 aromatic rings. The Morgan fingerprint density at radius 2 is 1.12 bits per heavy atom. The first-order valence-electron chi connectivity index (χ1n) is 21.5. The zero-order valence-corrected chi connectivity index (χ0v) is 40.8. The summed E-state index contributed by atoms with van der Waals surface area (Å²) in [6, 6.07) is 0. The minimum absolute atomic E-state index is 0.0488. The van der Waals surface area contributed by atoms with E-state index >= 15 is 0 Å². The number of carboxylic acids is 1. The van der Waals surface area contributed by atoms with Gasteiger partial charge in [0.25, 0.3) is 18.3 Å². The van der Waals surface area contributed by atoms with E-state index in [4.69, 9.17) is 10.8 Å². The molecule has 320 valence electrons. The molecular weight excluding hydrogens is 970 g/mol. The molecule has 3 heterocycles. The van der Waals surface area contributed by atoms with E-state index in [9.17, 15) is 19.2 Å². The fourth-order valence-electron chi connectivity index (χ4n) is 6.99. The van der Waals surface area contributed by atoms with E-state index < -0.39 is 5.97 Å². The summed E-state index contributed by atoms with van der Waals surface area (Å²) >= 11 is 6.77. The van der Waals surface area contributed by atoms with Gasteiger partial charge in [-0.3, -0.25) is 19.3 Å². The third kappa shape index (κ3) is 21.2. The fraction of sp³-hybridized carbons (Fsp3) is 0.727. The Morgan fingerprint density at radius 3 is 1.55 bits per heavy atom. The molecule has 1 aliphatic heterocycles. The normalized spacial score (nSPS) is 13.1. The van der Waals surface area contributed by atoms with Crippen LogP contribution in [-0.4, -0.2) is 47.4 Å². The second-order valence-corrected chi connectivity index (χ2v) is 20.4. The van der Waals surface area contributed by atoms with E-state index in [2.05, 4.69) is 55.0 Å². The van der Waals surface area contributed by atoms with Crippen molar-refractivity contribution in [3.8, 4) is 5.75 Å². The van der Waals surface area contributed by atoms with Crippen molar-refractivity contribution in [3.63, 3.8) is 0 Å². The number of ether oxygens (including phenoxy) is 1. The summed E-state index contributed by atoms with van der Waals surface area (Å²) in [6.07, 6.45) is 31.7. The van der Waals surface area contributed by atoms with Crippen LogP contribution >= 0.6 is 67.9 Å². The van der Waals surface area contributed by atoms with Gasteiger partial charge in [0.05, 0.1) is 16.9 Å². The van der Waals surface area contributed by atoms with Gasteiger partial charge in [-0.25, -0.2) is 4.79 Å². The number of amides is 2. The number of imide groups is 1. The molecule has 0 saturated carbocycles. The Bertz CT molecular complexity index is 1370. The zero-order valence-electron chi connectivity index (χ0n) is 34.9. The number of carbonyl (C=O) groups excluding carboxylic acids is 3. The van der Waals surface area contributed by atoms with Crippen LogP contribution in [0, 0.1) is 17.6 Å². The van der Waals surface area contributed by atoms with Crippen molar-refractivity contribution in [1.29, 1.82) is 0 Å². The maximum atomic E-state index is 12.8. The van der Waals surface area contributed by atoms with Gasteiger partial charge < -0.3 is 15.6 Å². The number of hydrogen-bond donors (Lipinski definition) is 2. The van der Waals surface area contributed by atoms with Crippen molar-refractivity contribution in [1.82, 2.24) is 4.90 Å². The number of fused-ring (bicyclic) bond motifs is 1. The number of carboxylic acid groups (broad SMARTS) is 1. The highest BCUT2D eigenvalue weighted by molar-refractivity contribution is 14.1. The van der Waals surface area contributed by atoms with E-state index in [0.29, 0.717) is 26.5 Å². The molecule has 3 rings (SSSR count). The van der Waals surface area contributed by atoms with Crippen molar-refractivity contribution < 1.29 is 29.0 Å². The first-order valence-corrected chi connectivity index (χ1v) is 25.5. The van der Waals surface area contributed by atoms with Crippen molar-refractivity contribution in [3.05, 3.63) is 33.2 Å². The molecule has 3 N–H and O–H groups in total. The van der Waals surface area contributed by atoms with Crippen LogP contribution in [0.15, 0.2) is 10.8 Å². The highest BCUT2D eigenvalue weighted by atomic mass is 127. The third-order valence-electron chi connectivity index (χ3n) is 10.4. The van der Waals surface area contributed by atoms with Crippen molar-refractivity contribution in [2.75, 3.05) is 13.1 Å². The lowest BCUT2D eigenvalue weighted by atomic mass is 9.93. The summed E-state index contributed by atoms with van der Waals surface area (Å²) in [4.78, 5) is 47.5. The lowest BCUT2D eigenvalue weighted by Crippen LogP contribution is -2.35. The molecule has 0 bridgehead atoms. The minimum atomic E-state index is -1.09. The van der Waals surface area contributed by atoms with Crippen molar-refractivity contribution in [2.24, 2.45) is 17.6 Å². The number of hydrogen-bond acceptors (Lipinski definition) is 8. The number of nitrogens with two attached hydrogens (primary N) is 1. The molecule has 2 aromatic heterocycles. The van der Waals surface area contributed by atoms with Crippen LogP contribution in [-0.2, 0) is 4.79 Å². The maximum Gasteiger partial charge on any atom is 0.341 e. The largest absolute Gasteiger partial charge is 0.477 e. The maximum absolute atomic E-state index is 12.8. The van der Waals surface area contributed by atoms with Gasteiger partial charge in [-0.05, 0) is 89.2 Å². The Labute approximate surface area is 374 Å². The van der Waals surface area contributed by atoms with Crippen LogP contribution < -0.4 is 10.5 Å². The van der Waals surface area contributed by atoms with Crippen molar-refractivity contribution >= 4 is 92.1 Å². The average Bonchev–Trinajstić information content (AvgIpc) is 3.83. The van der Waals surface area contributed by atoms with Crippen LogP contribution in [0.2, 0.25) is 0 Å². The van der Waals surface area contributed by atoms with Gasteiger partial charge in [0.1, 0.15) is 5.56 Å².